The molecule has 3 nitrogen and oxygen atoms in total. The number of anilines is 6. The van der Waals surface area contributed by atoms with Gasteiger partial charge in [0.05, 0.1) is 11.0 Å². The van der Waals surface area contributed by atoms with Crippen molar-refractivity contribution < 1.29 is 0 Å². The first-order chi connectivity index (χ1) is 32.5. The van der Waals surface area contributed by atoms with Gasteiger partial charge in [0.2, 0.25) is 0 Å². The van der Waals surface area contributed by atoms with Crippen LogP contribution in [0.25, 0.3) is 71.3 Å². The maximum Gasteiger partial charge on any atom is 0.0618 e. The molecule has 0 spiro atoms. The Kier molecular flexibility index (Phi) is 8.56. The highest BCUT2D eigenvalue weighted by Gasteiger charge is 2.42. The maximum absolute atomic E-state index is 2.64. The fraction of sp³-hybridized carbons (Fsp3) is 0.0476. The van der Waals surface area contributed by atoms with E-state index in [1.165, 1.54) is 82.6 Å². The van der Waals surface area contributed by atoms with E-state index < -0.39 is 0 Å². The number of rotatable bonds is 8. The summed E-state index contributed by atoms with van der Waals surface area (Å²) in [6, 6.07) is 86.4. The fourth-order valence-corrected chi connectivity index (χ4v) is 11.0. The summed E-state index contributed by atoms with van der Waals surface area (Å²) in [6.45, 7) is 4.85. The number of aromatic nitrogens is 1. The molecule has 0 bridgehead atoms. The van der Waals surface area contributed by atoms with Gasteiger partial charge in [0.25, 0.3) is 0 Å². The summed E-state index contributed by atoms with van der Waals surface area (Å²) in [5.74, 6) is 0. The van der Waals surface area contributed by atoms with Crippen molar-refractivity contribution in [3.05, 3.63) is 248 Å². The van der Waals surface area contributed by atoms with Crippen molar-refractivity contribution in [2.75, 3.05) is 9.80 Å². The third kappa shape index (κ3) is 5.83. The van der Waals surface area contributed by atoms with E-state index in [9.17, 15) is 0 Å². The maximum atomic E-state index is 2.64. The Hall–Kier alpha value is -8.40. The van der Waals surface area contributed by atoms with E-state index in [-0.39, 0.29) is 5.41 Å². The van der Waals surface area contributed by atoms with Gasteiger partial charge in [-0.15, -0.1) is 0 Å². The van der Waals surface area contributed by atoms with Gasteiger partial charge in [0.1, 0.15) is 0 Å². The zero-order chi connectivity index (χ0) is 43.9. The fourth-order valence-electron chi connectivity index (χ4n) is 11.0. The van der Waals surface area contributed by atoms with Crippen LogP contribution in [-0.4, -0.2) is 4.40 Å². The summed E-state index contributed by atoms with van der Waals surface area (Å²) in [4.78, 5) is 4.79. The highest BCUT2D eigenvalue weighted by molar-refractivity contribution is 6.25. The van der Waals surface area contributed by atoms with Crippen molar-refractivity contribution >= 4 is 72.1 Å². The second-order valence-corrected chi connectivity index (χ2v) is 18.2. The van der Waals surface area contributed by atoms with Crippen LogP contribution in [0.4, 0.5) is 34.1 Å². The van der Waals surface area contributed by atoms with Crippen LogP contribution in [0.3, 0.4) is 0 Å². The Balaban J connectivity index is 0.979. The van der Waals surface area contributed by atoms with Crippen LogP contribution in [0.15, 0.2) is 237 Å². The van der Waals surface area contributed by atoms with Crippen molar-refractivity contribution in [3.63, 3.8) is 0 Å². The molecule has 0 saturated carbocycles. The van der Waals surface area contributed by atoms with Gasteiger partial charge in [-0.3, -0.25) is 0 Å². The van der Waals surface area contributed by atoms with Gasteiger partial charge in [-0.25, -0.2) is 0 Å². The lowest BCUT2D eigenvalue weighted by atomic mass is 9.85. The molecule has 0 unspecified atom stereocenters. The summed E-state index contributed by atoms with van der Waals surface area (Å²) in [5, 5.41) is 6.35. The molecule has 0 saturated heterocycles. The van der Waals surface area contributed by atoms with E-state index >= 15 is 0 Å². The normalized spacial score (nSPS) is 12.8. The van der Waals surface area contributed by atoms with Crippen molar-refractivity contribution in [1.82, 2.24) is 4.40 Å². The van der Waals surface area contributed by atoms with E-state index in [4.69, 9.17) is 0 Å². The molecule has 66 heavy (non-hydrogen) atoms. The van der Waals surface area contributed by atoms with Crippen LogP contribution < -0.4 is 9.80 Å². The third-order valence-electron chi connectivity index (χ3n) is 14.0. The first-order valence-electron chi connectivity index (χ1n) is 22.9. The highest BCUT2D eigenvalue weighted by atomic mass is 15.1. The highest BCUT2D eigenvalue weighted by Crippen LogP contribution is 2.56. The van der Waals surface area contributed by atoms with Crippen LogP contribution in [0.2, 0.25) is 0 Å². The quantitative estimate of drug-likeness (QED) is 0.151. The van der Waals surface area contributed by atoms with Gasteiger partial charge in [0.15, 0.2) is 0 Å². The van der Waals surface area contributed by atoms with Gasteiger partial charge in [-0.1, -0.05) is 178 Å². The van der Waals surface area contributed by atoms with Gasteiger partial charge in [-0.05, 0) is 112 Å². The standard InChI is InChI=1S/C63H45N3/c1-63(2)58-41-52(65(48-22-13-6-14-23-48)50-34-28-45(29-35-50)43-18-9-4-10-19-43)37-39-55(58)59-56-25-15-24-53-54-38-31-46-30-36-51(40-57(46)61(54)66(60(53)56)62(59)63)64(47-20-11-5-12-21-47)49-32-26-44(27-33-49)42-16-7-3-8-17-42/h3-41H,1-2H3. The van der Waals surface area contributed by atoms with Crippen LogP contribution in [0.1, 0.15) is 25.1 Å². The molecule has 0 radical (unpaired) electrons. The van der Waals surface area contributed by atoms with Crippen molar-refractivity contribution in [3.8, 4) is 33.4 Å². The molecular weight excluding hydrogens is 799 g/mol. The van der Waals surface area contributed by atoms with Crippen molar-refractivity contribution in [2.45, 2.75) is 19.3 Å². The lowest BCUT2D eigenvalue weighted by Gasteiger charge is -2.28. The number of fused-ring (bicyclic) bond motifs is 10. The minimum atomic E-state index is -0.311. The van der Waals surface area contributed by atoms with E-state index in [0.29, 0.717) is 0 Å². The Labute approximate surface area is 385 Å². The van der Waals surface area contributed by atoms with Gasteiger partial charge in [0, 0.05) is 72.3 Å². The topological polar surface area (TPSA) is 10.9 Å². The minimum absolute atomic E-state index is 0.311. The monoisotopic (exact) mass is 843 g/mol. The largest absolute Gasteiger partial charge is 0.310 e. The number of para-hydroxylation sites is 3. The van der Waals surface area contributed by atoms with Gasteiger partial charge in [-0.2, -0.15) is 0 Å². The Bertz CT molecular complexity index is 3740. The second kappa shape index (κ2) is 14.8. The first-order valence-corrected chi connectivity index (χ1v) is 22.9. The molecule has 0 atom stereocenters. The van der Waals surface area contributed by atoms with E-state index in [0.717, 1.165) is 34.1 Å². The molecule has 13 rings (SSSR count). The average Bonchev–Trinajstić information content (AvgIpc) is 3.99. The number of hydrogen-bond acceptors (Lipinski definition) is 2. The third-order valence-corrected chi connectivity index (χ3v) is 14.0. The summed E-state index contributed by atoms with van der Waals surface area (Å²) >= 11 is 0. The molecule has 0 N–H and O–H groups in total. The SMILES string of the molecule is CC1(C)c2cc(N(c3ccccc3)c3ccc(-c4ccccc4)cc3)ccc2-c2c1n1c3c2cccc3c2ccc3ccc(N(c4ccccc4)c4ccc(-c5ccccc5)cc4)cc3c21. The molecule has 0 aliphatic heterocycles. The minimum Gasteiger partial charge on any atom is -0.310 e. The average molecular weight is 844 g/mol. The number of benzene rings is 10. The van der Waals surface area contributed by atoms with Crippen molar-refractivity contribution in [2.24, 2.45) is 0 Å². The lowest BCUT2D eigenvalue weighted by molar-refractivity contribution is 0.634. The van der Waals surface area contributed by atoms with Crippen LogP contribution in [-0.2, 0) is 5.41 Å². The molecule has 1 aliphatic rings. The van der Waals surface area contributed by atoms with E-state index in [1.54, 1.807) is 0 Å². The van der Waals surface area contributed by atoms with Gasteiger partial charge >= 0.3 is 0 Å². The second-order valence-electron chi connectivity index (χ2n) is 18.2. The molecule has 312 valence electrons. The molecule has 0 amide bonds. The predicted molar refractivity (Wildman–Crippen MR) is 279 cm³/mol. The summed E-state index contributed by atoms with van der Waals surface area (Å²) in [7, 11) is 0. The Morgan fingerprint density at radius 3 is 1.33 bits per heavy atom. The first kappa shape index (κ1) is 38.1. The number of nitrogens with zero attached hydrogens (tertiary/aromatic N) is 3. The zero-order valence-corrected chi connectivity index (χ0v) is 36.9. The van der Waals surface area contributed by atoms with Gasteiger partial charge < -0.3 is 14.2 Å². The van der Waals surface area contributed by atoms with E-state index in [1.807, 2.05) is 0 Å². The molecular formula is C63H45N3. The summed E-state index contributed by atoms with van der Waals surface area (Å²) < 4.78 is 2.64. The van der Waals surface area contributed by atoms with Crippen LogP contribution >= 0.6 is 0 Å². The molecule has 0 fully saturated rings. The molecule has 2 aromatic heterocycles. The number of hydrogen-bond donors (Lipinski definition) is 0. The molecule has 10 aromatic carbocycles. The Morgan fingerprint density at radius 1 is 0.333 bits per heavy atom. The van der Waals surface area contributed by atoms with E-state index in [2.05, 4.69) is 265 Å². The van der Waals surface area contributed by atoms with Crippen LogP contribution in [0, 0.1) is 0 Å². The smallest absolute Gasteiger partial charge is 0.0618 e. The Morgan fingerprint density at radius 2 is 0.758 bits per heavy atom. The summed E-state index contributed by atoms with van der Waals surface area (Å²) in [6.07, 6.45) is 0. The lowest BCUT2D eigenvalue weighted by Crippen LogP contribution is -2.19. The van der Waals surface area contributed by atoms with Crippen LogP contribution in [0.5, 0.6) is 0 Å². The zero-order valence-electron chi connectivity index (χ0n) is 36.9. The van der Waals surface area contributed by atoms with Crippen molar-refractivity contribution in [1.29, 1.82) is 0 Å². The molecule has 1 aliphatic carbocycles. The predicted octanol–water partition coefficient (Wildman–Crippen LogP) is 17.4. The summed E-state index contributed by atoms with van der Waals surface area (Å²) in [5.41, 5.74) is 19.2. The molecule has 3 heteroatoms. The molecule has 2 heterocycles. The molecule has 12 aromatic rings.